The van der Waals surface area contributed by atoms with Crippen LogP contribution in [0.15, 0.2) is 24.5 Å². The zero-order valence-corrected chi connectivity index (χ0v) is 15.4. The second kappa shape index (κ2) is 6.95. The summed E-state index contributed by atoms with van der Waals surface area (Å²) in [6, 6.07) is 4.18. The van der Waals surface area contributed by atoms with E-state index >= 15 is 0 Å². The summed E-state index contributed by atoms with van der Waals surface area (Å²) < 4.78 is 33.4. The lowest BCUT2D eigenvalue weighted by Gasteiger charge is -2.49. The molecule has 6 nitrogen and oxygen atoms in total. The van der Waals surface area contributed by atoms with E-state index in [2.05, 4.69) is 16.4 Å². The van der Waals surface area contributed by atoms with Gasteiger partial charge in [-0.05, 0) is 37.3 Å². The number of morpholine rings is 1. The summed E-state index contributed by atoms with van der Waals surface area (Å²) in [7, 11) is -3.14. The molecule has 1 aromatic rings. The first kappa shape index (κ1) is 17.4. The van der Waals surface area contributed by atoms with Crippen LogP contribution in [0, 0.1) is 0 Å². The fourth-order valence-corrected chi connectivity index (χ4v) is 6.05. The van der Waals surface area contributed by atoms with Crippen LogP contribution in [0.4, 0.5) is 0 Å². The van der Waals surface area contributed by atoms with E-state index in [1.807, 2.05) is 12.3 Å². The zero-order valence-electron chi connectivity index (χ0n) is 14.6. The quantitative estimate of drug-likeness (QED) is 0.860. The lowest BCUT2D eigenvalue weighted by molar-refractivity contribution is -0.127. The van der Waals surface area contributed by atoms with Gasteiger partial charge in [0.05, 0.1) is 17.5 Å². The van der Waals surface area contributed by atoms with E-state index in [9.17, 15) is 8.42 Å². The molecule has 3 fully saturated rings. The molecule has 0 radical (unpaired) electrons. The number of hydrogen-bond donors (Lipinski definition) is 1. The SMILES string of the molecule is O=S(=O)(C1CC1)N1CCO[C@]2(CCCC[C@@H]2NCc2cccnc2)C1. The first-order chi connectivity index (χ1) is 12.1. The minimum absolute atomic E-state index is 0.145. The number of aromatic nitrogens is 1. The van der Waals surface area contributed by atoms with Crippen LogP contribution in [0.2, 0.25) is 0 Å². The average molecular weight is 365 g/mol. The third-order valence-electron chi connectivity index (χ3n) is 5.73. The van der Waals surface area contributed by atoms with E-state index in [0.29, 0.717) is 19.7 Å². The smallest absolute Gasteiger partial charge is 0.217 e. The molecular weight excluding hydrogens is 338 g/mol. The molecule has 138 valence electrons. The van der Waals surface area contributed by atoms with Crippen LogP contribution in [0.1, 0.15) is 44.1 Å². The number of rotatable bonds is 5. The monoisotopic (exact) mass is 365 g/mol. The summed E-state index contributed by atoms with van der Waals surface area (Å²) in [6.45, 7) is 2.22. The maximum Gasteiger partial charge on any atom is 0.217 e. The van der Waals surface area contributed by atoms with E-state index in [1.54, 1.807) is 10.5 Å². The molecule has 2 atom stereocenters. The van der Waals surface area contributed by atoms with Crippen molar-refractivity contribution in [3.63, 3.8) is 0 Å². The third-order valence-corrected chi connectivity index (χ3v) is 8.08. The Hall–Kier alpha value is -1.02. The Bertz CT molecular complexity index is 689. The molecule has 2 heterocycles. The van der Waals surface area contributed by atoms with Crippen LogP contribution in [0.25, 0.3) is 0 Å². The van der Waals surface area contributed by atoms with Gasteiger partial charge in [-0.3, -0.25) is 4.98 Å². The van der Waals surface area contributed by atoms with Gasteiger partial charge in [0.2, 0.25) is 10.0 Å². The molecule has 7 heteroatoms. The maximum atomic E-state index is 12.7. The minimum atomic E-state index is -3.14. The largest absolute Gasteiger partial charge is 0.371 e. The maximum absolute atomic E-state index is 12.7. The van der Waals surface area contributed by atoms with Crippen molar-refractivity contribution in [1.29, 1.82) is 0 Å². The van der Waals surface area contributed by atoms with Crippen molar-refractivity contribution >= 4 is 10.0 Å². The van der Waals surface area contributed by atoms with Gasteiger partial charge in [0, 0.05) is 38.1 Å². The van der Waals surface area contributed by atoms with Crippen LogP contribution in [-0.2, 0) is 21.3 Å². The van der Waals surface area contributed by atoms with Gasteiger partial charge >= 0.3 is 0 Å². The second-order valence-corrected chi connectivity index (χ2v) is 9.74. The zero-order chi connectivity index (χ0) is 17.3. The normalized spacial score (nSPS) is 31.3. The van der Waals surface area contributed by atoms with Crippen molar-refractivity contribution in [3.05, 3.63) is 30.1 Å². The van der Waals surface area contributed by atoms with Gasteiger partial charge in [0.15, 0.2) is 0 Å². The van der Waals surface area contributed by atoms with Crippen molar-refractivity contribution in [2.75, 3.05) is 19.7 Å². The molecule has 0 unspecified atom stereocenters. The van der Waals surface area contributed by atoms with E-state index in [4.69, 9.17) is 4.74 Å². The molecule has 3 aliphatic rings. The first-order valence-corrected chi connectivity index (χ1v) is 10.9. The molecule has 4 rings (SSSR count). The van der Waals surface area contributed by atoms with Crippen LogP contribution in [-0.4, -0.2) is 54.3 Å². The van der Waals surface area contributed by atoms with Gasteiger partial charge < -0.3 is 10.1 Å². The number of hydrogen-bond acceptors (Lipinski definition) is 5. The summed E-state index contributed by atoms with van der Waals surface area (Å²) in [5.74, 6) is 0. The van der Waals surface area contributed by atoms with Gasteiger partial charge in [0.25, 0.3) is 0 Å². The molecule has 1 aromatic heterocycles. The summed E-state index contributed by atoms with van der Waals surface area (Å²) in [6.07, 6.45) is 9.48. The summed E-state index contributed by atoms with van der Waals surface area (Å²) in [5, 5.41) is 3.48. The van der Waals surface area contributed by atoms with Crippen LogP contribution in [0.5, 0.6) is 0 Å². The molecule has 1 spiro atoms. The number of nitrogens with zero attached hydrogens (tertiary/aromatic N) is 2. The predicted molar refractivity (Wildman–Crippen MR) is 95.5 cm³/mol. The molecule has 0 amide bonds. The van der Waals surface area contributed by atoms with E-state index in [0.717, 1.165) is 50.6 Å². The molecule has 1 saturated heterocycles. The average Bonchev–Trinajstić information content (AvgIpc) is 3.48. The summed E-state index contributed by atoms with van der Waals surface area (Å²) >= 11 is 0. The number of pyridine rings is 1. The molecule has 0 bridgehead atoms. The number of ether oxygens (including phenoxy) is 1. The fraction of sp³-hybridized carbons (Fsp3) is 0.722. The topological polar surface area (TPSA) is 71.5 Å². The lowest BCUT2D eigenvalue weighted by atomic mass is 9.79. The Labute approximate surface area is 150 Å². The van der Waals surface area contributed by atoms with Gasteiger partial charge in [-0.15, -0.1) is 0 Å². The Kier molecular flexibility index (Phi) is 4.83. The number of sulfonamides is 1. The van der Waals surface area contributed by atoms with Crippen molar-refractivity contribution in [3.8, 4) is 0 Å². The molecule has 1 N–H and O–H groups in total. The molecular formula is C18H27N3O3S. The Morgan fingerprint density at radius 1 is 1.32 bits per heavy atom. The standard InChI is InChI=1S/C18H27N3O3S/c22-25(23,16-6-7-16)21-10-11-24-18(14-21)8-2-1-5-17(18)20-13-15-4-3-9-19-12-15/h3-4,9,12,16-17,20H,1-2,5-8,10-11,13-14H2/t17-,18+/m0/s1. The highest BCUT2D eigenvalue weighted by atomic mass is 32.2. The number of nitrogens with one attached hydrogen (secondary N) is 1. The van der Waals surface area contributed by atoms with Gasteiger partial charge in [-0.1, -0.05) is 18.9 Å². The van der Waals surface area contributed by atoms with E-state index < -0.39 is 10.0 Å². The minimum Gasteiger partial charge on any atom is -0.371 e. The van der Waals surface area contributed by atoms with E-state index in [1.165, 1.54) is 0 Å². The molecule has 1 aliphatic heterocycles. The van der Waals surface area contributed by atoms with Crippen molar-refractivity contribution < 1.29 is 13.2 Å². The fourth-order valence-electron chi connectivity index (χ4n) is 4.17. The van der Waals surface area contributed by atoms with Crippen molar-refractivity contribution in [2.24, 2.45) is 0 Å². The predicted octanol–water partition coefficient (Wildman–Crippen LogP) is 1.68. The first-order valence-electron chi connectivity index (χ1n) is 9.35. The Balaban J connectivity index is 1.48. The van der Waals surface area contributed by atoms with Crippen LogP contribution < -0.4 is 5.32 Å². The summed E-state index contributed by atoms with van der Waals surface area (Å²) in [5.41, 5.74) is 0.752. The molecule has 25 heavy (non-hydrogen) atoms. The van der Waals surface area contributed by atoms with Crippen LogP contribution >= 0.6 is 0 Å². The highest BCUT2D eigenvalue weighted by Crippen LogP contribution is 2.38. The highest BCUT2D eigenvalue weighted by Gasteiger charge is 2.50. The van der Waals surface area contributed by atoms with Crippen LogP contribution in [0.3, 0.4) is 0 Å². The molecule has 0 aromatic carbocycles. The molecule has 2 saturated carbocycles. The Morgan fingerprint density at radius 2 is 2.20 bits per heavy atom. The van der Waals surface area contributed by atoms with Gasteiger partial charge in [-0.25, -0.2) is 8.42 Å². The van der Waals surface area contributed by atoms with Gasteiger partial charge in [0.1, 0.15) is 0 Å². The molecule has 2 aliphatic carbocycles. The van der Waals surface area contributed by atoms with Crippen molar-refractivity contribution in [1.82, 2.24) is 14.6 Å². The highest BCUT2D eigenvalue weighted by molar-refractivity contribution is 7.90. The van der Waals surface area contributed by atoms with E-state index in [-0.39, 0.29) is 16.9 Å². The lowest BCUT2D eigenvalue weighted by Crippen LogP contribution is -2.64. The van der Waals surface area contributed by atoms with Gasteiger partial charge in [-0.2, -0.15) is 4.31 Å². The van der Waals surface area contributed by atoms with Crippen molar-refractivity contribution in [2.45, 2.75) is 62.0 Å². The third kappa shape index (κ3) is 3.60. The summed E-state index contributed by atoms with van der Waals surface area (Å²) in [4.78, 5) is 4.16. The second-order valence-electron chi connectivity index (χ2n) is 7.53. The Morgan fingerprint density at radius 3 is 2.96 bits per heavy atom.